The van der Waals surface area contributed by atoms with Gasteiger partial charge in [0.25, 0.3) is 5.91 Å². The van der Waals surface area contributed by atoms with Crippen molar-refractivity contribution >= 4 is 35.1 Å². The zero-order valence-corrected chi connectivity index (χ0v) is 12.3. The van der Waals surface area contributed by atoms with Crippen molar-refractivity contribution in [1.82, 2.24) is 4.90 Å². The summed E-state index contributed by atoms with van der Waals surface area (Å²) in [7, 11) is 0. The molecular weight excluding hydrogens is 321 g/mol. The van der Waals surface area contributed by atoms with Crippen molar-refractivity contribution in [2.24, 2.45) is 0 Å². The van der Waals surface area contributed by atoms with Gasteiger partial charge < -0.3 is 19.8 Å². The van der Waals surface area contributed by atoms with Gasteiger partial charge in [-0.15, -0.1) is 0 Å². The molecule has 1 heterocycles. The highest BCUT2D eigenvalue weighted by molar-refractivity contribution is 6.35. The molecule has 1 fully saturated rings. The molecule has 2 N–H and O–H groups in total. The van der Waals surface area contributed by atoms with Crippen LogP contribution in [0.3, 0.4) is 0 Å². The molecule has 6 nitrogen and oxygen atoms in total. The number of aliphatic hydroxyl groups excluding tert-OH is 1. The quantitative estimate of drug-likeness (QED) is 0.870. The summed E-state index contributed by atoms with van der Waals surface area (Å²) in [5.41, 5.74) is 0. The van der Waals surface area contributed by atoms with Crippen LogP contribution in [-0.2, 0) is 9.59 Å². The number of rotatable bonds is 4. The lowest BCUT2D eigenvalue weighted by Gasteiger charge is -2.21. The van der Waals surface area contributed by atoms with Crippen LogP contribution in [0.5, 0.6) is 5.75 Å². The first kappa shape index (κ1) is 15.9. The molecule has 0 spiro atoms. The highest BCUT2D eigenvalue weighted by atomic mass is 35.5. The minimum Gasteiger partial charge on any atom is -0.482 e. The van der Waals surface area contributed by atoms with Gasteiger partial charge in [0.05, 0.1) is 11.1 Å². The van der Waals surface area contributed by atoms with E-state index in [9.17, 15) is 14.7 Å². The van der Waals surface area contributed by atoms with Gasteiger partial charge in [0.1, 0.15) is 11.8 Å². The summed E-state index contributed by atoms with van der Waals surface area (Å²) in [6, 6.07) is 3.53. The highest BCUT2D eigenvalue weighted by Crippen LogP contribution is 2.27. The Labute approximate surface area is 130 Å². The number of benzene rings is 1. The number of amides is 1. The standard InChI is InChI=1S/C13H13Cl2NO5/c14-7-1-2-11(9(15)3-7)21-6-12(18)16-5-8(17)4-10(16)13(19)20/h1-3,8,10,17H,4-6H2,(H,19,20)/t8?,10-/m0/s1. The van der Waals surface area contributed by atoms with Crippen LogP contribution >= 0.6 is 23.2 Å². The molecular formula is C13H13Cl2NO5. The predicted octanol–water partition coefficient (Wildman–Crippen LogP) is 1.42. The predicted molar refractivity (Wildman–Crippen MR) is 75.7 cm³/mol. The van der Waals surface area contributed by atoms with Crippen molar-refractivity contribution in [3.8, 4) is 5.75 Å². The molecule has 1 unspecified atom stereocenters. The van der Waals surface area contributed by atoms with Crippen LogP contribution in [0.25, 0.3) is 0 Å². The summed E-state index contributed by atoms with van der Waals surface area (Å²) in [5, 5.41) is 19.2. The van der Waals surface area contributed by atoms with Gasteiger partial charge in [-0.3, -0.25) is 4.79 Å². The number of ether oxygens (including phenoxy) is 1. The van der Waals surface area contributed by atoms with Crippen molar-refractivity contribution in [3.63, 3.8) is 0 Å². The molecule has 2 atom stereocenters. The lowest BCUT2D eigenvalue weighted by Crippen LogP contribution is -2.42. The van der Waals surface area contributed by atoms with Gasteiger partial charge in [0.15, 0.2) is 6.61 Å². The number of nitrogens with zero attached hydrogens (tertiary/aromatic N) is 1. The molecule has 1 aliphatic rings. The topological polar surface area (TPSA) is 87.1 Å². The van der Waals surface area contributed by atoms with Crippen LogP contribution in [0.1, 0.15) is 6.42 Å². The lowest BCUT2D eigenvalue weighted by molar-refractivity contribution is -0.148. The fourth-order valence-electron chi connectivity index (χ4n) is 2.14. The maximum atomic E-state index is 12.0. The first-order chi connectivity index (χ1) is 9.88. The Hall–Kier alpha value is -1.50. The van der Waals surface area contributed by atoms with Crippen molar-refractivity contribution in [2.75, 3.05) is 13.2 Å². The molecule has 2 rings (SSSR count). The second-order valence-electron chi connectivity index (χ2n) is 4.65. The third-order valence-corrected chi connectivity index (χ3v) is 3.66. The molecule has 8 heteroatoms. The van der Waals surface area contributed by atoms with E-state index in [2.05, 4.69) is 0 Å². The fraction of sp³-hybridized carbons (Fsp3) is 0.385. The largest absolute Gasteiger partial charge is 0.482 e. The minimum absolute atomic E-state index is 0.0166. The average Bonchev–Trinajstić information content (AvgIpc) is 2.80. The van der Waals surface area contributed by atoms with Gasteiger partial charge in [0, 0.05) is 18.0 Å². The highest BCUT2D eigenvalue weighted by Gasteiger charge is 2.38. The van der Waals surface area contributed by atoms with E-state index in [1.165, 1.54) is 12.1 Å². The molecule has 1 aromatic carbocycles. The zero-order chi connectivity index (χ0) is 15.6. The van der Waals surface area contributed by atoms with Crippen LogP contribution < -0.4 is 4.74 Å². The Bertz CT molecular complexity index is 565. The summed E-state index contributed by atoms with van der Waals surface area (Å²) < 4.78 is 5.27. The molecule has 0 bridgehead atoms. The minimum atomic E-state index is -1.15. The van der Waals surface area contributed by atoms with Gasteiger partial charge in [-0.25, -0.2) is 4.79 Å². The van der Waals surface area contributed by atoms with Crippen LogP contribution in [0.15, 0.2) is 18.2 Å². The smallest absolute Gasteiger partial charge is 0.326 e. The first-order valence-corrected chi connectivity index (χ1v) is 6.92. The molecule has 1 aliphatic heterocycles. The Kier molecular flexibility index (Phi) is 4.92. The van der Waals surface area contributed by atoms with E-state index in [4.69, 9.17) is 33.0 Å². The van der Waals surface area contributed by atoms with E-state index >= 15 is 0 Å². The zero-order valence-electron chi connectivity index (χ0n) is 10.8. The second kappa shape index (κ2) is 6.51. The normalized spacial score (nSPS) is 21.4. The van der Waals surface area contributed by atoms with Crippen LogP contribution in [0, 0.1) is 0 Å². The van der Waals surface area contributed by atoms with Crippen LogP contribution in [0.4, 0.5) is 0 Å². The number of carbonyl (C=O) groups excluding carboxylic acids is 1. The number of carboxylic acids is 1. The number of aliphatic hydroxyl groups is 1. The molecule has 1 aromatic rings. The Balaban J connectivity index is 1.99. The molecule has 0 radical (unpaired) electrons. The van der Waals surface area contributed by atoms with Crippen molar-refractivity contribution < 1.29 is 24.5 Å². The molecule has 114 valence electrons. The van der Waals surface area contributed by atoms with Gasteiger partial charge in [0.2, 0.25) is 0 Å². The Morgan fingerprint density at radius 1 is 1.38 bits per heavy atom. The number of hydrogen-bond acceptors (Lipinski definition) is 4. The van der Waals surface area contributed by atoms with Gasteiger partial charge in [-0.1, -0.05) is 23.2 Å². The van der Waals surface area contributed by atoms with E-state index in [0.29, 0.717) is 5.02 Å². The Morgan fingerprint density at radius 3 is 2.71 bits per heavy atom. The summed E-state index contributed by atoms with van der Waals surface area (Å²) in [4.78, 5) is 24.2. The van der Waals surface area contributed by atoms with Crippen LogP contribution in [0.2, 0.25) is 10.0 Å². The summed E-state index contributed by atoms with van der Waals surface area (Å²) in [5.74, 6) is -1.39. The monoisotopic (exact) mass is 333 g/mol. The van der Waals surface area contributed by atoms with E-state index < -0.39 is 24.0 Å². The van der Waals surface area contributed by atoms with E-state index in [-0.39, 0.29) is 30.3 Å². The second-order valence-corrected chi connectivity index (χ2v) is 5.50. The molecule has 1 saturated heterocycles. The third-order valence-electron chi connectivity index (χ3n) is 3.13. The fourth-order valence-corrected chi connectivity index (χ4v) is 2.60. The molecule has 0 aromatic heterocycles. The SMILES string of the molecule is O=C(O)[C@@H]1CC(O)CN1C(=O)COc1ccc(Cl)cc1Cl. The number of aliphatic carboxylic acids is 1. The average molecular weight is 334 g/mol. The summed E-state index contributed by atoms with van der Waals surface area (Å²) in [6.07, 6.45) is -0.822. The number of β-amino-alcohol motifs (C(OH)–C–C–N with tert-alkyl or cyclic N) is 1. The van der Waals surface area contributed by atoms with E-state index in [1.54, 1.807) is 6.07 Å². The third kappa shape index (κ3) is 3.78. The molecule has 0 saturated carbocycles. The number of hydrogen-bond donors (Lipinski definition) is 2. The number of carbonyl (C=O) groups is 2. The maximum absolute atomic E-state index is 12.0. The number of carboxylic acid groups (broad SMARTS) is 1. The van der Waals surface area contributed by atoms with Gasteiger partial charge in [-0.2, -0.15) is 0 Å². The molecule has 1 amide bonds. The van der Waals surface area contributed by atoms with Gasteiger partial charge in [-0.05, 0) is 18.2 Å². The van der Waals surface area contributed by atoms with Crippen molar-refractivity contribution in [1.29, 1.82) is 0 Å². The number of likely N-dealkylation sites (tertiary alicyclic amines) is 1. The van der Waals surface area contributed by atoms with E-state index in [1.807, 2.05) is 0 Å². The first-order valence-electron chi connectivity index (χ1n) is 6.16. The lowest BCUT2D eigenvalue weighted by atomic mass is 10.2. The van der Waals surface area contributed by atoms with Crippen molar-refractivity contribution in [3.05, 3.63) is 28.2 Å². The van der Waals surface area contributed by atoms with Crippen molar-refractivity contribution in [2.45, 2.75) is 18.6 Å². The Morgan fingerprint density at radius 2 is 2.10 bits per heavy atom. The van der Waals surface area contributed by atoms with Crippen LogP contribution in [-0.4, -0.2) is 52.3 Å². The van der Waals surface area contributed by atoms with Gasteiger partial charge >= 0.3 is 5.97 Å². The molecule has 0 aliphatic carbocycles. The summed E-state index contributed by atoms with van der Waals surface area (Å²) >= 11 is 11.7. The van der Waals surface area contributed by atoms with E-state index in [0.717, 1.165) is 4.90 Å². The maximum Gasteiger partial charge on any atom is 0.326 e. The molecule has 21 heavy (non-hydrogen) atoms. The number of halogens is 2. The summed E-state index contributed by atoms with van der Waals surface area (Å²) in [6.45, 7) is -0.384.